The monoisotopic (exact) mass is 539 g/mol. The van der Waals surface area contributed by atoms with Gasteiger partial charge in [0.15, 0.2) is 5.78 Å². The minimum atomic E-state index is -0.746. The van der Waals surface area contributed by atoms with Crippen molar-refractivity contribution in [2.24, 2.45) is 0 Å². The number of furan rings is 1. The van der Waals surface area contributed by atoms with Crippen LogP contribution in [0.1, 0.15) is 36.1 Å². The highest BCUT2D eigenvalue weighted by molar-refractivity contribution is 6.30. The summed E-state index contributed by atoms with van der Waals surface area (Å²) >= 11 is 6.07. The summed E-state index contributed by atoms with van der Waals surface area (Å²) in [5.74, 6) is 1.18. The Morgan fingerprint density at radius 2 is 1.77 bits per heavy atom. The van der Waals surface area contributed by atoms with E-state index in [9.17, 15) is 9.59 Å². The number of amides is 2. The van der Waals surface area contributed by atoms with Crippen molar-refractivity contribution in [3.05, 3.63) is 119 Å². The topological polar surface area (TPSA) is 83.8 Å². The minimum absolute atomic E-state index is 0.0573. The molecule has 8 heteroatoms. The SMILES string of the molecule is COc1ccccc1[C@H]1C2=C(C[C@H](c3ccco3)CC2=O)Nc2ccccc2N1C(=O)Nc1ccc(Cl)cc1. The molecule has 1 aliphatic heterocycles. The molecule has 3 aromatic carbocycles. The second-order valence-electron chi connectivity index (χ2n) is 9.53. The van der Waals surface area contributed by atoms with Gasteiger partial charge >= 0.3 is 6.03 Å². The number of hydrogen-bond donors (Lipinski definition) is 2. The summed E-state index contributed by atoms with van der Waals surface area (Å²) in [4.78, 5) is 29.8. The van der Waals surface area contributed by atoms with E-state index in [0.29, 0.717) is 39.7 Å². The smallest absolute Gasteiger partial charge is 0.327 e. The zero-order valence-electron chi connectivity index (χ0n) is 21.2. The van der Waals surface area contributed by atoms with Crippen LogP contribution in [0.2, 0.25) is 5.02 Å². The minimum Gasteiger partial charge on any atom is -0.496 e. The summed E-state index contributed by atoms with van der Waals surface area (Å²) in [6.45, 7) is 0. The number of fused-ring (bicyclic) bond motifs is 1. The third kappa shape index (κ3) is 4.66. The van der Waals surface area contributed by atoms with Crippen LogP contribution >= 0.6 is 11.6 Å². The molecule has 0 bridgehead atoms. The molecule has 2 N–H and O–H groups in total. The van der Waals surface area contributed by atoms with Crippen molar-refractivity contribution >= 4 is 40.5 Å². The molecule has 7 nitrogen and oxygen atoms in total. The number of halogens is 1. The molecule has 196 valence electrons. The van der Waals surface area contributed by atoms with Crippen LogP contribution in [0.25, 0.3) is 0 Å². The van der Waals surface area contributed by atoms with Crippen molar-refractivity contribution in [2.45, 2.75) is 24.8 Å². The van der Waals surface area contributed by atoms with Gasteiger partial charge in [0.2, 0.25) is 0 Å². The number of allylic oxidation sites excluding steroid dienone is 1. The number of carbonyl (C=O) groups excluding carboxylic acids is 2. The Bertz CT molecular complexity index is 1560. The highest BCUT2D eigenvalue weighted by Gasteiger charge is 2.43. The summed E-state index contributed by atoms with van der Waals surface area (Å²) in [7, 11) is 1.59. The van der Waals surface area contributed by atoms with Crippen LogP contribution in [-0.2, 0) is 4.79 Å². The molecule has 0 fully saturated rings. The standard InChI is InChI=1S/C31H26ClN3O4/c1-38-28-10-5-2-7-22(28)30-29-24(17-19(18-26(29)36)27-11-6-16-39-27)34-23-8-3-4-9-25(23)35(30)31(37)33-21-14-12-20(32)13-15-21/h2-16,19,30,34H,17-18H2,1H3,(H,33,37)/t19-,30-/m0/s1. The molecule has 2 amide bonds. The van der Waals surface area contributed by atoms with Gasteiger partial charge in [0.1, 0.15) is 11.5 Å². The maximum absolute atomic E-state index is 14.1. The van der Waals surface area contributed by atoms with Crippen molar-refractivity contribution in [3.8, 4) is 5.75 Å². The van der Waals surface area contributed by atoms with E-state index in [0.717, 1.165) is 17.1 Å². The second kappa shape index (κ2) is 10.3. The number of nitrogens with one attached hydrogen (secondary N) is 2. The van der Waals surface area contributed by atoms with Crippen molar-refractivity contribution in [1.82, 2.24) is 0 Å². The third-order valence-corrected chi connectivity index (χ3v) is 7.43. The van der Waals surface area contributed by atoms with Crippen LogP contribution < -0.4 is 20.3 Å². The Morgan fingerprint density at radius 1 is 1.00 bits per heavy atom. The summed E-state index contributed by atoms with van der Waals surface area (Å²) < 4.78 is 11.4. The first-order valence-electron chi connectivity index (χ1n) is 12.7. The predicted octanol–water partition coefficient (Wildman–Crippen LogP) is 7.55. The number of benzene rings is 3. The lowest BCUT2D eigenvalue weighted by Crippen LogP contribution is -2.41. The number of Topliss-reactive ketones (excluding diaryl/α,β-unsaturated/α-hetero) is 1. The highest BCUT2D eigenvalue weighted by Crippen LogP contribution is 2.49. The normalized spacial score (nSPS) is 18.5. The molecule has 0 unspecified atom stereocenters. The Balaban J connectivity index is 1.54. The van der Waals surface area contributed by atoms with Gasteiger partial charge in [-0.2, -0.15) is 0 Å². The van der Waals surface area contributed by atoms with Crippen molar-refractivity contribution in [2.75, 3.05) is 22.6 Å². The second-order valence-corrected chi connectivity index (χ2v) is 9.97. The fourth-order valence-electron chi connectivity index (χ4n) is 5.44. The molecule has 6 rings (SSSR count). The lowest BCUT2D eigenvalue weighted by molar-refractivity contribution is -0.116. The highest BCUT2D eigenvalue weighted by atomic mass is 35.5. The average molecular weight is 540 g/mol. The number of rotatable bonds is 4. The van der Waals surface area contributed by atoms with Crippen LogP contribution in [0.5, 0.6) is 5.75 Å². The zero-order chi connectivity index (χ0) is 26.9. The molecule has 2 aliphatic rings. The third-order valence-electron chi connectivity index (χ3n) is 7.18. The number of methoxy groups -OCH3 is 1. The molecule has 39 heavy (non-hydrogen) atoms. The van der Waals surface area contributed by atoms with Gasteiger partial charge < -0.3 is 19.8 Å². The molecular formula is C31H26ClN3O4. The summed E-state index contributed by atoms with van der Waals surface area (Å²) in [6.07, 6.45) is 2.45. The van der Waals surface area contributed by atoms with Crippen molar-refractivity contribution in [1.29, 1.82) is 0 Å². The molecule has 1 aromatic heterocycles. The van der Waals surface area contributed by atoms with Gasteiger partial charge in [-0.25, -0.2) is 4.79 Å². The molecular weight excluding hydrogens is 514 g/mol. The van der Waals surface area contributed by atoms with Gasteiger partial charge in [-0.3, -0.25) is 9.69 Å². The van der Waals surface area contributed by atoms with E-state index < -0.39 is 12.1 Å². The first-order chi connectivity index (χ1) is 19.0. The van der Waals surface area contributed by atoms with Gasteiger partial charge in [-0.05, 0) is 61.0 Å². The van der Waals surface area contributed by atoms with Gasteiger partial charge in [-0.15, -0.1) is 0 Å². The van der Waals surface area contributed by atoms with Crippen LogP contribution in [0.15, 0.2) is 107 Å². The van der Waals surface area contributed by atoms with Crippen LogP contribution in [0.3, 0.4) is 0 Å². The molecule has 0 saturated carbocycles. The van der Waals surface area contributed by atoms with Crippen LogP contribution in [-0.4, -0.2) is 18.9 Å². The summed E-state index contributed by atoms with van der Waals surface area (Å²) in [5, 5.41) is 7.08. The van der Waals surface area contributed by atoms with E-state index in [4.69, 9.17) is 20.8 Å². The number of carbonyl (C=O) groups is 2. The molecule has 4 aromatic rings. The number of para-hydroxylation sites is 3. The molecule has 2 heterocycles. The van der Waals surface area contributed by atoms with Crippen molar-refractivity contribution in [3.63, 3.8) is 0 Å². The number of nitrogens with zero attached hydrogens (tertiary/aromatic N) is 1. The van der Waals surface area contributed by atoms with Gasteiger partial charge in [-0.1, -0.05) is 41.9 Å². The summed E-state index contributed by atoms with van der Waals surface area (Å²) in [5.41, 5.74) is 3.95. The summed E-state index contributed by atoms with van der Waals surface area (Å²) in [6, 6.07) is 24.6. The van der Waals surface area contributed by atoms with Crippen LogP contribution in [0, 0.1) is 0 Å². The number of urea groups is 1. The van der Waals surface area contributed by atoms with Gasteiger partial charge in [0, 0.05) is 39.9 Å². The van der Waals surface area contributed by atoms with E-state index in [1.165, 1.54) is 0 Å². The molecule has 0 saturated heterocycles. The Hall–Kier alpha value is -4.49. The maximum Gasteiger partial charge on any atom is 0.327 e. The largest absolute Gasteiger partial charge is 0.496 e. The Morgan fingerprint density at radius 3 is 2.54 bits per heavy atom. The van der Waals surface area contributed by atoms with Crippen molar-refractivity contribution < 1.29 is 18.7 Å². The average Bonchev–Trinajstić information content (AvgIpc) is 3.44. The Kier molecular flexibility index (Phi) is 6.59. The lowest BCUT2D eigenvalue weighted by atomic mass is 9.80. The van der Waals surface area contributed by atoms with Crippen LogP contribution in [0.4, 0.5) is 21.9 Å². The van der Waals surface area contributed by atoms with E-state index in [-0.39, 0.29) is 18.1 Å². The predicted molar refractivity (Wildman–Crippen MR) is 151 cm³/mol. The first-order valence-corrected chi connectivity index (χ1v) is 13.1. The molecule has 2 atom stereocenters. The fourth-order valence-corrected chi connectivity index (χ4v) is 5.57. The fraction of sp³-hybridized carbons (Fsp3) is 0.161. The van der Waals surface area contributed by atoms with E-state index >= 15 is 0 Å². The van der Waals surface area contributed by atoms with E-state index in [2.05, 4.69) is 10.6 Å². The van der Waals surface area contributed by atoms with Gasteiger partial charge in [0.05, 0.1) is 30.8 Å². The maximum atomic E-state index is 14.1. The number of ether oxygens (including phenoxy) is 1. The number of hydrogen-bond acceptors (Lipinski definition) is 5. The van der Waals surface area contributed by atoms with E-state index in [1.807, 2.05) is 60.7 Å². The number of anilines is 3. The zero-order valence-corrected chi connectivity index (χ0v) is 21.9. The molecule has 0 radical (unpaired) electrons. The van der Waals surface area contributed by atoms with Gasteiger partial charge in [0.25, 0.3) is 0 Å². The van der Waals surface area contributed by atoms with E-state index in [1.54, 1.807) is 42.5 Å². The number of ketones is 1. The first kappa shape index (κ1) is 24.8. The lowest BCUT2D eigenvalue weighted by Gasteiger charge is -2.35. The molecule has 1 aliphatic carbocycles. The Labute approximate surface area is 231 Å². The molecule has 0 spiro atoms. The quantitative estimate of drug-likeness (QED) is 0.280.